The van der Waals surface area contributed by atoms with E-state index in [0.717, 1.165) is 41.7 Å². The van der Waals surface area contributed by atoms with Crippen molar-refractivity contribution in [2.45, 2.75) is 67.1 Å². The number of hydrogen-bond donors (Lipinski definition) is 1. The molecule has 0 spiro atoms. The van der Waals surface area contributed by atoms with E-state index in [1.54, 1.807) is 72.0 Å². The molecular formula is C42H43ClN14O2S2. The predicted octanol–water partition coefficient (Wildman–Crippen LogP) is 6.67. The molecule has 61 heavy (non-hydrogen) atoms. The molecule has 2 aliphatic rings. The van der Waals surface area contributed by atoms with Gasteiger partial charge in [-0.15, -0.1) is 0 Å². The summed E-state index contributed by atoms with van der Waals surface area (Å²) in [5.74, 6) is 0.0328. The van der Waals surface area contributed by atoms with E-state index < -0.39 is 0 Å². The highest BCUT2D eigenvalue weighted by Gasteiger charge is 2.32. The molecule has 2 fully saturated rings. The average molecular weight is 875 g/mol. The van der Waals surface area contributed by atoms with Crippen LogP contribution in [0.25, 0.3) is 22.4 Å². The summed E-state index contributed by atoms with van der Waals surface area (Å²) in [5.41, 5.74) is 4.48. The minimum absolute atomic E-state index is 0.0104. The van der Waals surface area contributed by atoms with Crippen molar-refractivity contribution in [1.29, 1.82) is 0 Å². The normalized spacial score (nSPS) is 18.9. The van der Waals surface area contributed by atoms with Gasteiger partial charge in [-0.3, -0.25) is 9.59 Å². The van der Waals surface area contributed by atoms with E-state index >= 15 is 0 Å². The number of thioether (sulfide) groups is 1. The molecule has 8 aromatic rings. The number of rotatable bonds is 6. The summed E-state index contributed by atoms with van der Waals surface area (Å²) in [6.45, 7) is 5.56. The molecule has 0 saturated carbocycles. The van der Waals surface area contributed by atoms with Crippen molar-refractivity contribution in [3.8, 4) is 11.4 Å². The molecule has 10 rings (SSSR count). The van der Waals surface area contributed by atoms with Gasteiger partial charge in [-0.25, -0.2) is 19.0 Å². The van der Waals surface area contributed by atoms with Crippen LogP contribution in [0.4, 0.5) is 0 Å². The maximum absolute atomic E-state index is 13.5. The summed E-state index contributed by atoms with van der Waals surface area (Å²) < 4.78 is 3.51. The van der Waals surface area contributed by atoms with Crippen LogP contribution in [-0.4, -0.2) is 116 Å². The van der Waals surface area contributed by atoms with Crippen LogP contribution in [0, 0.1) is 0 Å². The van der Waals surface area contributed by atoms with Crippen molar-refractivity contribution in [3.05, 3.63) is 139 Å². The Bertz CT molecular complexity index is 2710. The summed E-state index contributed by atoms with van der Waals surface area (Å²) in [6.07, 6.45) is 20.9. The standard InChI is InChI=1S/C21H21N7OS.C15H18N4OS.C6H4ClN3/c1-15-6-7-16(30-20-19-8-9-23-27(19)13-12-22-20)14-26(15)21(29)17-4-2-3-5-18(17)28-24-10-11-25-28;1-11-6-7-12(21)10-18(11)15(20)13-4-2-3-5-14(13)19-16-8-9-17-19;7-6-5-1-2-9-10(5)4-3-8-6/h2-5,8-13,15-16H,6-7,14H2,1H3;2-5,8-9,11-12,21H,6-7,10H2,1H3;1-4H/t15-,16-;11-,12-;/m11./s1. The second-order valence-corrected chi connectivity index (χ2v) is 17.0. The van der Waals surface area contributed by atoms with Crippen molar-refractivity contribution < 1.29 is 9.59 Å². The molecule has 0 aliphatic carbocycles. The lowest BCUT2D eigenvalue weighted by molar-refractivity contribution is 0.0634. The lowest BCUT2D eigenvalue weighted by Crippen LogP contribution is -2.46. The molecule has 2 saturated heterocycles. The topological polar surface area (TPSA) is 162 Å². The number of piperidine rings is 2. The number of aromatic nitrogens is 12. The number of amides is 2. The fourth-order valence-corrected chi connectivity index (χ4v) is 9.12. The van der Waals surface area contributed by atoms with Crippen molar-refractivity contribution in [3.63, 3.8) is 0 Å². The fourth-order valence-electron chi connectivity index (χ4n) is 7.38. The zero-order chi connectivity index (χ0) is 42.3. The van der Waals surface area contributed by atoms with Crippen molar-refractivity contribution in [1.82, 2.24) is 69.0 Å². The Morgan fingerprint density at radius 3 is 1.70 bits per heavy atom. The number of benzene rings is 2. The molecule has 6 aromatic heterocycles. The van der Waals surface area contributed by atoms with Gasteiger partial charge in [-0.05, 0) is 75.9 Å². The highest BCUT2D eigenvalue weighted by Crippen LogP contribution is 2.34. The van der Waals surface area contributed by atoms with Gasteiger partial charge in [0.1, 0.15) is 10.5 Å². The van der Waals surface area contributed by atoms with E-state index in [0.29, 0.717) is 40.7 Å². The summed E-state index contributed by atoms with van der Waals surface area (Å²) in [5, 5.41) is 26.9. The monoisotopic (exact) mass is 874 g/mol. The molecule has 2 aliphatic heterocycles. The van der Waals surface area contributed by atoms with Gasteiger partial charge in [0.2, 0.25) is 0 Å². The van der Waals surface area contributed by atoms with Crippen LogP contribution in [0.3, 0.4) is 0 Å². The van der Waals surface area contributed by atoms with Gasteiger partial charge in [-0.1, -0.05) is 47.6 Å². The molecule has 0 unspecified atom stereocenters. The molecule has 2 amide bonds. The number of nitrogens with zero attached hydrogens (tertiary/aromatic N) is 14. The Hall–Kier alpha value is -6.11. The first-order valence-electron chi connectivity index (χ1n) is 19.9. The number of para-hydroxylation sites is 2. The molecule has 16 nitrogen and oxygen atoms in total. The molecule has 0 bridgehead atoms. The van der Waals surface area contributed by atoms with E-state index in [2.05, 4.69) is 67.0 Å². The Balaban J connectivity index is 0.000000143. The summed E-state index contributed by atoms with van der Waals surface area (Å²) in [6, 6.07) is 19.1. The van der Waals surface area contributed by atoms with Crippen molar-refractivity contribution in [2.24, 2.45) is 0 Å². The number of hydrogen-bond acceptors (Lipinski definition) is 12. The maximum Gasteiger partial charge on any atom is 0.256 e. The maximum atomic E-state index is 13.5. The Morgan fingerprint density at radius 1 is 0.607 bits per heavy atom. The number of halogens is 1. The first-order chi connectivity index (χ1) is 29.7. The predicted molar refractivity (Wildman–Crippen MR) is 236 cm³/mol. The molecule has 19 heteroatoms. The number of fused-ring (bicyclic) bond motifs is 2. The number of carbonyl (C=O) groups excluding carboxylic acids is 2. The van der Waals surface area contributed by atoms with E-state index in [1.807, 2.05) is 81.2 Å². The quantitative estimate of drug-likeness (QED) is 0.178. The largest absolute Gasteiger partial charge is 0.335 e. The molecule has 0 N–H and O–H groups in total. The number of carbonyl (C=O) groups is 2. The van der Waals surface area contributed by atoms with Gasteiger partial charge in [0.05, 0.1) is 65.2 Å². The van der Waals surface area contributed by atoms with Crippen molar-refractivity contribution in [2.75, 3.05) is 13.1 Å². The number of thiol groups is 1. The van der Waals surface area contributed by atoms with Crippen LogP contribution in [0.5, 0.6) is 0 Å². The van der Waals surface area contributed by atoms with Crippen molar-refractivity contribution >= 4 is 58.8 Å². The van der Waals surface area contributed by atoms with Crippen LogP contribution < -0.4 is 0 Å². The van der Waals surface area contributed by atoms with Crippen LogP contribution in [0.15, 0.2) is 128 Å². The first kappa shape index (κ1) is 41.6. The Morgan fingerprint density at radius 2 is 1.11 bits per heavy atom. The highest BCUT2D eigenvalue weighted by atomic mass is 35.5. The first-order valence-corrected chi connectivity index (χ1v) is 21.6. The van der Waals surface area contributed by atoms with Gasteiger partial charge in [0.25, 0.3) is 11.8 Å². The summed E-state index contributed by atoms with van der Waals surface area (Å²) >= 11 is 12.0. The zero-order valence-corrected chi connectivity index (χ0v) is 35.9. The SMILES string of the molecule is C[C@@H]1CC[C@@H](S)CN1C(=O)c1ccccc1-n1nccn1.C[C@@H]1CC[C@@H](Sc2nccn3nccc23)CN1C(=O)c1ccccc1-n1nccn1.Clc1nccn2nccc12. The van der Waals surface area contributed by atoms with Gasteiger partial charge in [0.15, 0.2) is 5.15 Å². The van der Waals surface area contributed by atoms with Crippen LogP contribution in [0.1, 0.15) is 60.2 Å². The lowest BCUT2D eigenvalue weighted by Gasteiger charge is -2.38. The van der Waals surface area contributed by atoms with E-state index in [4.69, 9.17) is 11.6 Å². The number of likely N-dealkylation sites (tertiary alicyclic amines) is 2. The van der Waals surface area contributed by atoms with E-state index in [9.17, 15) is 9.59 Å². The second-order valence-electron chi connectivity index (χ2n) is 14.6. The molecule has 2 aromatic carbocycles. The minimum atomic E-state index is 0.0104. The van der Waals surface area contributed by atoms with Crippen LogP contribution in [-0.2, 0) is 0 Å². The van der Waals surface area contributed by atoms with Crippen LogP contribution >= 0.6 is 36.0 Å². The fraction of sp³-hybridized carbons (Fsp3) is 0.286. The zero-order valence-electron chi connectivity index (χ0n) is 33.4. The molecular weight excluding hydrogens is 832 g/mol. The Labute approximate surface area is 366 Å². The summed E-state index contributed by atoms with van der Waals surface area (Å²) in [7, 11) is 0. The van der Waals surface area contributed by atoms with Gasteiger partial charge < -0.3 is 9.80 Å². The highest BCUT2D eigenvalue weighted by molar-refractivity contribution is 8.00. The molecule has 8 heterocycles. The second kappa shape index (κ2) is 19.1. The summed E-state index contributed by atoms with van der Waals surface area (Å²) in [4.78, 5) is 41.7. The van der Waals surface area contributed by atoms with E-state index in [1.165, 1.54) is 9.59 Å². The third-order valence-corrected chi connectivity index (χ3v) is 12.6. The molecule has 312 valence electrons. The van der Waals surface area contributed by atoms with E-state index in [-0.39, 0.29) is 34.4 Å². The third kappa shape index (κ3) is 9.45. The average Bonchev–Trinajstić information content (AvgIpc) is 4.14. The van der Waals surface area contributed by atoms with Gasteiger partial charge in [-0.2, -0.15) is 52.8 Å². The van der Waals surface area contributed by atoms with Crippen LogP contribution in [0.2, 0.25) is 5.15 Å². The lowest BCUT2D eigenvalue weighted by atomic mass is 10.0. The third-order valence-electron chi connectivity index (χ3n) is 10.6. The van der Waals surface area contributed by atoms with Gasteiger partial charge >= 0.3 is 0 Å². The molecule has 0 radical (unpaired) electrons. The van der Waals surface area contributed by atoms with Gasteiger partial charge in [0, 0.05) is 60.5 Å². The molecule has 4 atom stereocenters. The minimum Gasteiger partial charge on any atom is -0.335 e. The smallest absolute Gasteiger partial charge is 0.256 e. The Kier molecular flexibility index (Phi) is 13.0.